The van der Waals surface area contributed by atoms with E-state index in [9.17, 15) is 0 Å². The van der Waals surface area contributed by atoms with Crippen molar-refractivity contribution in [3.63, 3.8) is 0 Å². The van der Waals surface area contributed by atoms with E-state index >= 15 is 0 Å². The van der Waals surface area contributed by atoms with Gasteiger partial charge in [0.2, 0.25) is 0 Å². The molecule has 1 rings (SSSR count). The maximum Gasteiger partial charge on any atom is 0.147 e. The van der Waals surface area contributed by atoms with Crippen molar-refractivity contribution in [2.45, 2.75) is 33.2 Å². The predicted molar refractivity (Wildman–Crippen MR) is 52.1 cm³/mol. The van der Waals surface area contributed by atoms with Crippen LogP contribution >= 0.6 is 0 Å². The number of aromatic nitrogens is 3. The van der Waals surface area contributed by atoms with Crippen molar-refractivity contribution in [1.82, 2.24) is 14.8 Å². The van der Waals surface area contributed by atoms with Crippen LogP contribution in [0.25, 0.3) is 0 Å². The van der Waals surface area contributed by atoms with Crippen molar-refractivity contribution in [3.05, 3.63) is 11.6 Å². The third kappa shape index (κ3) is 2.06. The lowest BCUT2D eigenvalue weighted by molar-refractivity contribution is 0.425. The summed E-state index contributed by atoms with van der Waals surface area (Å²) in [5.41, 5.74) is 6.04. The van der Waals surface area contributed by atoms with E-state index in [2.05, 4.69) is 23.9 Å². The van der Waals surface area contributed by atoms with Crippen LogP contribution in [-0.4, -0.2) is 14.8 Å². The second-order valence-electron chi connectivity index (χ2n) is 3.55. The molecule has 4 heteroatoms. The van der Waals surface area contributed by atoms with Gasteiger partial charge in [0.15, 0.2) is 0 Å². The van der Waals surface area contributed by atoms with E-state index in [1.54, 1.807) is 4.68 Å². The van der Waals surface area contributed by atoms with Crippen molar-refractivity contribution in [1.29, 1.82) is 0 Å². The van der Waals surface area contributed by atoms with Crippen LogP contribution in [0.3, 0.4) is 0 Å². The van der Waals surface area contributed by atoms with E-state index in [4.69, 9.17) is 5.73 Å². The molecule has 1 aromatic rings. The molecule has 74 valence electrons. The maximum absolute atomic E-state index is 6.04. The van der Waals surface area contributed by atoms with E-state index in [-0.39, 0.29) is 6.04 Å². The Morgan fingerprint density at radius 3 is 2.54 bits per heavy atom. The van der Waals surface area contributed by atoms with E-state index in [1.807, 2.05) is 14.0 Å². The third-order valence-electron chi connectivity index (χ3n) is 2.46. The van der Waals surface area contributed by atoms with Crippen LogP contribution in [0.2, 0.25) is 0 Å². The minimum atomic E-state index is -0.00352. The fourth-order valence-electron chi connectivity index (χ4n) is 1.33. The Kier molecular flexibility index (Phi) is 3.03. The molecule has 0 bridgehead atoms. The smallest absolute Gasteiger partial charge is 0.147 e. The lowest BCUT2D eigenvalue weighted by Gasteiger charge is -2.16. The van der Waals surface area contributed by atoms with E-state index < -0.39 is 0 Å². The molecule has 0 saturated carbocycles. The summed E-state index contributed by atoms with van der Waals surface area (Å²) in [5.74, 6) is 2.12. The fraction of sp³-hybridized carbons (Fsp3) is 0.778. The van der Waals surface area contributed by atoms with Gasteiger partial charge in [0, 0.05) is 7.05 Å². The van der Waals surface area contributed by atoms with Crippen molar-refractivity contribution < 1.29 is 0 Å². The summed E-state index contributed by atoms with van der Waals surface area (Å²) >= 11 is 0. The van der Waals surface area contributed by atoms with Gasteiger partial charge in [-0.05, 0) is 12.8 Å². The van der Waals surface area contributed by atoms with Crippen LogP contribution in [0.5, 0.6) is 0 Å². The normalized spacial score (nSPS) is 15.8. The molecule has 13 heavy (non-hydrogen) atoms. The number of rotatable bonds is 3. The predicted octanol–water partition coefficient (Wildman–Crippen LogP) is 1.17. The summed E-state index contributed by atoms with van der Waals surface area (Å²) in [7, 11) is 1.89. The zero-order valence-corrected chi connectivity index (χ0v) is 8.78. The zero-order chi connectivity index (χ0) is 10.0. The first-order valence-corrected chi connectivity index (χ1v) is 4.69. The van der Waals surface area contributed by atoms with Gasteiger partial charge in [-0.25, -0.2) is 4.98 Å². The molecule has 0 fully saturated rings. The van der Waals surface area contributed by atoms with Crippen LogP contribution in [0.4, 0.5) is 0 Å². The summed E-state index contributed by atoms with van der Waals surface area (Å²) in [4.78, 5) is 4.31. The molecule has 1 heterocycles. The molecular formula is C9H18N4. The number of hydrogen-bond donors (Lipinski definition) is 1. The molecule has 0 amide bonds. The molecule has 0 radical (unpaired) electrons. The Bertz CT molecular complexity index is 279. The van der Waals surface area contributed by atoms with Gasteiger partial charge >= 0.3 is 0 Å². The highest BCUT2D eigenvalue weighted by molar-refractivity contribution is 4.98. The number of nitrogens with zero attached hydrogens (tertiary/aromatic N) is 3. The molecule has 0 aliphatic rings. The Hall–Kier alpha value is -0.900. The SMILES string of the molecule is CCC(C)C(N)c1nc(C)nn1C. The third-order valence-corrected chi connectivity index (χ3v) is 2.46. The first-order chi connectivity index (χ1) is 6.06. The summed E-state index contributed by atoms with van der Waals surface area (Å²) in [6.07, 6.45) is 1.06. The summed E-state index contributed by atoms with van der Waals surface area (Å²) < 4.78 is 1.77. The lowest BCUT2D eigenvalue weighted by atomic mass is 10.00. The van der Waals surface area contributed by atoms with Gasteiger partial charge < -0.3 is 5.73 Å². The van der Waals surface area contributed by atoms with Crippen molar-refractivity contribution >= 4 is 0 Å². The quantitative estimate of drug-likeness (QED) is 0.763. The average molecular weight is 182 g/mol. The molecular weight excluding hydrogens is 164 g/mol. The highest BCUT2D eigenvalue weighted by atomic mass is 15.3. The van der Waals surface area contributed by atoms with Crippen LogP contribution < -0.4 is 5.73 Å². The standard InChI is InChI=1S/C9H18N4/c1-5-6(2)8(10)9-11-7(3)12-13(9)4/h6,8H,5,10H2,1-4H3. The van der Waals surface area contributed by atoms with E-state index in [0.29, 0.717) is 5.92 Å². The topological polar surface area (TPSA) is 56.7 Å². The average Bonchev–Trinajstić information content (AvgIpc) is 2.42. The molecule has 2 atom stereocenters. The van der Waals surface area contributed by atoms with Crippen molar-refractivity contribution in [3.8, 4) is 0 Å². The molecule has 4 nitrogen and oxygen atoms in total. The van der Waals surface area contributed by atoms with Crippen LogP contribution in [-0.2, 0) is 7.05 Å². The first kappa shape index (κ1) is 10.2. The van der Waals surface area contributed by atoms with Crippen molar-refractivity contribution in [2.75, 3.05) is 0 Å². The molecule has 2 N–H and O–H groups in total. The number of aryl methyl sites for hydroxylation is 2. The van der Waals surface area contributed by atoms with Gasteiger partial charge in [0.1, 0.15) is 11.6 Å². The number of hydrogen-bond acceptors (Lipinski definition) is 3. The van der Waals surface area contributed by atoms with Gasteiger partial charge in [-0.1, -0.05) is 20.3 Å². The van der Waals surface area contributed by atoms with Gasteiger partial charge in [-0.2, -0.15) is 5.10 Å². The Morgan fingerprint density at radius 1 is 1.54 bits per heavy atom. The highest BCUT2D eigenvalue weighted by Crippen LogP contribution is 2.19. The molecule has 0 aliphatic carbocycles. The first-order valence-electron chi connectivity index (χ1n) is 4.69. The van der Waals surface area contributed by atoms with E-state index in [0.717, 1.165) is 18.1 Å². The monoisotopic (exact) mass is 182 g/mol. The van der Waals surface area contributed by atoms with Crippen LogP contribution in [0.1, 0.15) is 38.0 Å². The number of nitrogens with two attached hydrogens (primary N) is 1. The Labute approximate surface area is 79.2 Å². The summed E-state index contributed by atoms with van der Waals surface area (Å²) in [6, 6.07) is -0.00352. The Morgan fingerprint density at radius 2 is 2.15 bits per heavy atom. The molecule has 2 unspecified atom stereocenters. The van der Waals surface area contributed by atoms with Crippen LogP contribution in [0.15, 0.2) is 0 Å². The second kappa shape index (κ2) is 3.87. The molecule has 0 saturated heterocycles. The fourth-order valence-corrected chi connectivity index (χ4v) is 1.33. The molecule has 1 aromatic heterocycles. The Balaban J connectivity index is 2.87. The lowest BCUT2D eigenvalue weighted by Crippen LogP contribution is -2.22. The highest BCUT2D eigenvalue weighted by Gasteiger charge is 2.18. The minimum absolute atomic E-state index is 0.00352. The zero-order valence-electron chi connectivity index (χ0n) is 8.78. The maximum atomic E-state index is 6.04. The van der Waals surface area contributed by atoms with Gasteiger partial charge in [-0.3, -0.25) is 4.68 Å². The molecule has 0 spiro atoms. The molecule has 0 aromatic carbocycles. The van der Waals surface area contributed by atoms with Gasteiger partial charge in [-0.15, -0.1) is 0 Å². The van der Waals surface area contributed by atoms with E-state index in [1.165, 1.54) is 0 Å². The largest absolute Gasteiger partial charge is 0.321 e. The molecule has 0 aliphatic heterocycles. The van der Waals surface area contributed by atoms with Gasteiger partial charge in [0.25, 0.3) is 0 Å². The summed E-state index contributed by atoms with van der Waals surface area (Å²) in [5, 5.41) is 4.17. The minimum Gasteiger partial charge on any atom is -0.321 e. The van der Waals surface area contributed by atoms with Crippen LogP contribution in [0, 0.1) is 12.8 Å². The van der Waals surface area contributed by atoms with Gasteiger partial charge in [0.05, 0.1) is 6.04 Å². The van der Waals surface area contributed by atoms with Crippen molar-refractivity contribution in [2.24, 2.45) is 18.7 Å². The summed E-state index contributed by atoms with van der Waals surface area (Å²) in [6.45, 7) is 6.15. The second-order valence-corrected chi connectivity index (χ2v) is 3.55.